The van der Waals surface area contributed by atoms with E-state index in [0.717, 1.165) is 36.2 Å². The number of anilines is 1. The molecule has 0 amide bonds. The smallest absolute Gasteiger partial charge is 0.338 e. The first-order valence-electron chi connectivity index (χ1n) is 11.9. The molecule has 4 nitrogen and oxygen atoms in total. The van der Waals surface area contributed by atoms with E-state index in [-0.39, 0.29) is 11.4 Å². The summed E-state index contributed by atoms with van der Waals surface area (Å²) in [7, 11) is 0. The van der Waals surface area contributed by atoms with E-state index in [9.17, 15) is 4.79 Å². The maximum atomic E-state index is 12.6. The van der Waals surface area contributed by atoms with Crippen molar-refractivity contribution >= 4 is 17.4 Å². The first-order valence-corrected chi connectivity index (χ1v) is 11.9. The van der Waals surface area contributed by atoms with Crippen molar-refractivity contribution < 1.29 is 9.53 Å². The highest BCUT2D eigenvalue weighted by molar-refractivity contribution is 6.03. The molecule has 32 heavy (non-hydrogen) atoms. The van der Waals surface area contributed by atoms with Gasteiger partial charge in [0, 0.05) is 6.42 Å². The molecule has 1 atom stereocenters. The van der Waals surface area contributed by atoms with Gasteiger partial charge in [0.05, 0.1) is 29.6 Å². The van der Waals surface area contributed by atoms with E-state index in [1.54, 1.807) is 0 Å². The number of ether oxygens (including phenoxy) is 1. The van der Waals surface area contributed by atoms with Gasteiger partial charge in [-0.25, -0.2) is 4.79 Å². The predicted molar refractivity (Wildman–Crippen MR) is 133 cm³/mol. The van der Waals surface area contributed by atoms with Crippen molar-refractivity contribution in [2.75, 3.05) is 11.6 Å². The summed E-state index contributed by atoms with van der Waals surface area (Å²) in [6, 6.07) is 18.3. The van der Waals surface area contributed by atoms with Gasteiger partial charge in [0.15, 0.2) is 0 Å². The van der Waals surface area contributed by atoms with Gasteiger partial charge < -0.3 is 4.74 Å². The highest BCUT2D eigenvalue weighted by atomic mass is 16.5. The van der Waals surface area contributed by atoms with E-state index >= 15 is 0 Å². The molecule has 2 aromatic carbocycles. The standard InChI is InChI=1S/C28H38N2O2/c1-20(2)16-17-28(5,6)19-32-27(31)23-14-12-22(13-15-23)25-18-26(21(3)4)30(29-25)24-10-8-7-9-11-24/h7-15,20-21,26H,16-19H2,1-6H3. The number of hydrogen-bond acceptors (Lipinski definition) is 4. The van der Waals surface area contributed by atoms with Crippen LogP contribution in [-0.2, 0) is 4.74 Å². The van der Waals surface area contributed by atoms with Gasteiger partial charge in [-0.3, -0.25) is 5.01 Å². The van der Waals surface area contributed by atoms with E-state index < -0.39 is 0 Å². The van der Waals surface area contributed by atoms with Crippen LogP contribution in [0.5, 0.6) is 0 Å². The summed E-state index contributed by atoms with van der Waals surface area (Å²) in [4.78, 5) is 12.6. The van der Waals surface area contributed by atoms with Crippen molar-refractivity contribution in [1.29, 1.82) is 0 Å². The fraction of sp³-hybridized carbons (Fsp3) is 0.500. The number of esters is 1. The third-order valence-electron chi connectivity index (χ3n) is 6.18. The Balaban J connectivity index is 1.66. The second-order valence-corrected chi connectivity index (χ2v) is 10.5. The summed E-state index contributed by atoms with van der Waals surface area (Å²) in [5.74, 6) is 0.877. The lowest BCUT2D eigenvalue weighted by atomic mass is 9.86. The van der Waals surface area contributed by atoms with E-state index in [2.05, 4.69) is 58.7 Å². The molecule has 172 valence electrons. The molecule has 1 heterocycles. The van der Waals surface area contributed by atoms with Gasteiger partial charge in [-0.15, -0.1) is 0 Å². The third-order valence-corrected chi connectivity index (χ3v) is 6.18. The van der Waals surface area contributed by atoms with Crippen LogP contribution in [-0.4, -0.2) is 24.3 Å². The summed E-state index contributed by atoms with van der Waals surface area (Å²) in [6.07, 6.45) is 3.07. The lowest BCUT2D eigenvalue weighted by Gasteiger charge is -2.26. The van der Waals surface area contributed by atoms with Crippen LogP contribution in [0.3, 0.4) is 0 Å². The van der Waals surface area contributed by atoms with Gasteiger partial charge in [-0.05, 0) is 53.5 Å². The molecule has 0 spiro atoms. The lowest BCUT2D eigenvalue weighted by Crippen LogP contribution is -2.31. The molecule has 0 radical (unpaired) electrons. The second-order valence-electron chi connectivity index (χ2n) is 10.5. The molecule has 0 aromatic heterocycles. The lowest BCUT2D eigenvalue weighted by molar-refractivity contribution is 0.0319. The number of carbonyl (C=O) groups is 1. The van der Waals surface area contributed by atoms with Crippen molar-refractivity contribution in [3.63, 3.8) is 0 Å². The molecule has 0 fully saturated rings. The molecule has 0 saturated carbocycles. The molecule has 0 bridgehead atoms. The summed E-state index contributed by atoms with van der Waals surface area (Å²) in [5.41, 5.74) is 3.81. The maximum absolute atomic E-state index is 12.6. The number of hydrazone groups is 1. The Hall–Kier alpha value is -2.62. The largest absolute Gasteiger partial charge is 0.462 e. The molecular weight excluding hydrogens is 396 g/mol. The first-order chi connectivity index (χ1) is 15.2. The highest BCUT2D eigenvalue weighted by Crippen LogP contribution is 2.31. The summed E-state index contributed by atoms with van der Waals surface area (Å²) >= 11 is 0. The van der Waals surface area contributed by atoms with Crippen molar-refractivity contribution in [3.8, 4) is 0 Å². The average Bonchev–Trinajstić information content (AvgIpc) is 3.23. The van der Waals surface area contributed by atoms with Gasteiger partial charge in [-0.1, -0.05) is 78.3 Å². The second kappa shape index (κ2) is 10.3. The molecule has 0 N–H and O–H groups in total. The Kier molecular flexibility index (Phi) is 7.76. The molecule has 1 aliphatic heterocycles. The van der Waals surface area contributed by atoms with Crippen LogP contribution in [0.1, 0.15) is 76.7 Å². The number of nitrogens with zero attached hydrogens (tertiary/aromatic N) is 2. The minimum absolute atomic E-state index is 0.00872. The number of benzene rings is 2. The Bertz CT molecular complexity index is 914. The van der Waals surface area contributed by atoms with Crippen LogP contribution in [0.25, 0.3) is 0 Å². The zero-order valence-electron chi connectivity index (χ0n) is 20.5. The minimum atomic E-state index is -0.256. The van der Waals surface area contributed by atoms with Crippen molar-refractivity contribution in [2.45, 2.75) is 66.8 Å². The SMILES string of the molecule is CC(C)CCC(C)(C)COC(=O)c1ccc(C2=NN(c3ccccc3)C(C(C)C)C2)cc1. The van der Waals surface area contributed by atoms with Crippen molar-refractivity contribution in [1.82, 2.24) is 0 Å². The molecule has 2 aromatic rings. The van der Waals surface area contributed by atoms with E-state index in [0.29, 0.717) is 30.0 Å². The van der Waals surface area contributed by atoms with Gasteiger partial charge >= 0.3 is 5.97 Å². The van der Waals surface area contributed by atoms with Gasteiger partial charge in [0.25, 0.3) is 0 Å². The van der Waals surface area contributed by atoms with Crippen molar-refractivity contribution in [3.05, 3.63) is 65.7 Å². The van der Waals surface area contributed by atoms with Gasteiger partial charge in [0.1, 0.15) is 0 Å². The Morgan fingerprint density at radius 1 is 1.06 bits per heavy atom. The molecule has 3 rings (SSSR count). The van der Waals surface area contributed by atoms with Crippen LogP contribution in [0.4, 0.5) is 5.69 Å². The minimum Gasteiger partial charge on any atom is -0.462 e. The summed E-state index contributed by atoms with van der Waals surface area (Å²) in [6.45, 7) is 13.7. The van der Waals surface area contributed by atoms with Crippen LogP contribution < -0.4 is 5.01 Å². The van der Waals surface area contributed by atoms with E-state index in [4.69, 9.17) is 9.84 Å². The number of hydrogen-bond donors (Lipinski definition) is 0. The fourth-order valence-electron chi connectivity index (χ4n) is 3.95. The summed E-state index contributed by atoms with van der Waals surface area (Å²) in [5, 5.41) is 7.08. The molecule has 0 aliphatic carbocycles. The van der Waals surface area contributed by atoms with E-state index in [1.165, 1.54) is 0 Å². The molecule has 0 saturated heterocycles. The van der Waals surface area contributed by atoms with Crippen LogP contribution in [0.15, 0.2) is 59.7 Å². The Labute approximate surface area is 193 Å². The first kappa shape index (κ1) is 24.0. The van der Waals surface area contributed by atoms with Crippen LogP contribution in [0, 0.1) is 17.3 Å². The van der Waals surface area contributed by atoms with E-state index in [1.807, 2.05) is 42.5 Å². The molecular formula is C28H38N2O2. The fourth-order valence-corrected chi connectivity index (χ4v) is 3.95. The molecule has 1 aliphatic rings. The monoisotopic (exact) mass is 434 g/mol. The van der Waals surface area contributed by atoms with Crippen LogP contribution >= 0.6 is 0 Å². The van der Waals surface area contributed by atoms with Gasteiger partial charge in [-0.2, -0.15) is 5.10 Å². The van der Waals surface area contributed by atoms with Crippen LogP contribution in [0.2, 0.25) is 0 Å². The van der Waals surface area contributed by atoms with Gasteiger partial charge in [0.2, 0.25) is 0 Å². The topological polar surface area (TPSA) is 41.9 Å². The number of carbonyl (C=O) groups excluding carboxylic acids is 1. The maximum Gasteiger partial charge on any atom is 0.338 e. The highest BCUT2D eigenvalue weighted by Gasteiger charge is 2.30. The number of rotatable bonds is 9. The zero-order chi connectivity index (χ0) is 23.3. The Morgan fingerprint density at radius 3 is 2.31 bits per heavy atom. The predicted octanol–water partition coefficient (Wildman–Crippen LogP) is 6.94. The quantitative estimate of drug-likeness (QED) is 0.401. The normalized spacial score (nSPS) is 16.6. The number of para-hydroxylation sites is 1. The summed E-state index contributed by atoms with van der Waals surface area (Å²) < 4.78 is 5.64. The zero-order valence-corrected chi connectivity index (χ0v) is 20.5. The molecule has 1 unspecified atom stereocenters. The third kappa shape index (κ3) is 6.21. The van der Waals surface area contributed by atoms with Crippen molar-refractivity contribution in [2.24, 2.45) is 22.4 Å². The Morgan fingerprint density at radius 2 is 1.72 bits per heavy atom. The average molecular weight is 435 g/mol. The molecule has 4 heteroatoms.